The molecule has 1 N–H and O–H groups in total. The quantitative estimate of drug-likeness (QED) is 0.553. The third-order valence-corrected chi connectivity index (χ3v) is 4.82. The first-order chi connectivity index (χ1) is 12.1. The molecule has 2 rings (SSSR count). The highest BCUT2D eigenvalue weighted by Gasteiger charge is 2.24. The van der Waals surface area contributed by atoms with Crippen LogP contribution in [0.3, 0.4) is 0 Å². The lowest BCUT2D eigenvalue weighted by molar-refractivity contribution is 0.240. The Hall–Kier alpha value is -1.22. The van der Waals surface area contributed by atoms with Crippen molar-refractivity contribution in [3.8, 4) is 5.75 Å². The molecule has 0 atom stereocenters. The smallest absolute Gasteiger partial charge is 0.119 e. The van der Waals surface area contributed by atoms with E-state index in [2.05, 4.69) is 52.1 Å². The van der Waals surface area contributed by atoms with E-state index in [0.29, 0.717) is 22.1 Å². The molecule has 2 nitrogen and oxygen atoms in total. The minimum Gasteiger partial charge on any atom is -0.489 e. The number of rotatable bonds is 7. The number of hydrogen-bond donors (Lipinski definition) is 1. The van der Waals surface area contributed by atoms with E-state index < -0.39 is 0 Å². The lowest BCUT2D eigenvalue weighted by Crippen LogP contribution is -2.41. The molecule has 0 aliphatic rings. The normalized spacial score (nSPS) is 12.3. The van der Waals surface area contributed by atoms with E-state index in [9.17, 15) is 0 Å². The van der Waals surface area contributed by atoms with E-state index in [4.69, 9.17) is 27.9 Å². The molecule has 142 valence electrons. The van der Waals surface area contributed by atoms with Crippen LogP contribution in [0.2, 0.25) is 10.0 Å². The highest BCUT2D eigenvalue weighted by atomic mass is 35.5. The Labute approximate surface area is 167 Å². The second-order valence-corrected chi connectivity index (χ2v) is 9.42. The monoisotopic (exact) mass is 393 g/mol. The zero-order chi connectivity index (χ0) is 19.4. The summed E-state index contributed by atoms with van der Waals surface area (Å²) in [6, 6.07) is 13.6. The van der Waals surface area contributed by atoms with Crippen LogP contribution in [-0.2, 0) is 13.2 Å². The molecule has 2 aromatic rings. The first-order valence-electron chi connectivity index (χ1n) is 8.95. The fourth-order valence-electron chi connectivity index (χ4n) is 3.26. The van der Waals surface area contributed by atoms with Crippen LogP contribution in [0, 0.1) is 5.41 Å². The average molecular weight is 394 g/mol. The summed E-state index contributed by atoms with van der Waals surface area (Å²) in [5.41, 5.74) is 2.43. The van der Waals surface area contributed by atoms with Gasteiger partial charge in [-0.05, 0) is 55.5 Å². The van der Waals surface area contributed by atoms with Crippen molar-refractivity contribution in [2.75, 3.05) is 0 Å². The van der Waals surface area contributed by atoms with Crippen molar-refractivity contribution in [1.29, 1.82) is 0 Å². The standard InChI is InChI=1S/C22H29Cl2NO/c1-21(2,3)15-22(4,5)25-13-16-9-11-17(12-10-16)26-14-18-19(23)7-6-8-20(18)24/h6-12,25H,13-15H2,1-5H3. The number of ether oxygens (including phenoxy) is 1. The maximum atomic E-state index is 6.18. The third kappa shape index (κ3) is 6.83. The van der Waals surface area contributed by atoms with E-state index in [0.717, 1.165) is 24.3 Å². The molecule has 0 aliphatic heterocycles. The Morgan fingerprint density at radius 2 is 1.46 bits per heavy atom. The second-order valence-electron chi connectivity index (χ2n) is 8.61. The van der Waals surface area contributed by atoms with E-state index in [-0.39, 0.29) is 5.54 Å². The van der Waals surface area contributed by atoms with Gasteiger partial charge in [-0.15, -0.1) is 0 Å². The summed E-state index contributed by atoms with van der Waals surface area (Å²) in [7, 11) is 0. The minimum absolute atomic E-state index is 0.0915. The van der Waals surface area contributed by atoms with Gasteiger partial charge >= 0.3 is 0 Å². The lowest BCUT2D eigenvalue weighted by atomic mass is 9.82. The van der Waals surface area contributed by atoms with Crippen LogP contribution in [0.5, 0.6) is 5.75 Å². The van der Waals surface area contributed by atoms with Gasteiger partial charge in [-0.1, -0.05) is 62.2 Å². The molecule has 0 fully saturated rings. The maximum Gasteiger partial charge on any atom is 0.119 e. The largest absolute Gasteiger partial charge is 0.489 e. The molecule has 0 spiro atoms. The van der Waals surface area contributed by atoms with Crippen molar-refractivity contribution >= 4 is 23.2 Å². The van der Waals surface area contributed by atoms with Gasteiger partial charge in [0.15, 0.2) is 0 Å². The van der Waals surface area contributed by atoms with Crippen LogP contribution < -0.4 is 10.1 Å². The van der Waals surface area contributed by atoms with E-state index in [1.807, 2.05) is 30.3 Å². The predicted molar refractivity (Wildman–Crippen MR) is 112 cm³/mol. The Morgan fingerprint density at radius 3 is 2.00 bits per heavy atom. The first kappa shape index (κ1) is 21.1. The van der Waals surface area contributed by atoms with Gasteiger partial charge in [-0.3, -0.25) is 0 Å². The zero-order valence-electron chi connectivity index (χ0n) is 16.3. The molecule has 0 unspecified atom stereocenters. The zero-order valence-corrected chi connectivity index (χ0v) is 17.8. The molecule has 0 heterocycles. The van der Waals surface area contributed by atoms with Crippen molar-refractivity contribution in [1.82, 2.24) is 5.32 Å². The topological polar surface area (TPSA) is 21.3 Å². The summed E-state index contributed by atoms with van der Waals surface area (Å²) in [5, 5.41) is 4.90. The summed E-state index contributed by atoms with van der Waals surface area (Å²) >= 11 is 12.4. The summed E-state index contributed by atoms with van der Waals surface area (Å²) in [6.45, 7) is 12.5. The molecular weight excluding hydrogens is 365 g/mol. The van der Waals surface area contributed by atoms with Gasteiger partial charge in [0.25, 0.3) is 0 Å². The van der Waals surface area contributed by atoms with Crippen molar-refractivity contribution < 1.29 is 4.74 Å². The number of benzene rings is 2. The minimum atomic E-state index is 0.0915. The SMILES string of the molecule is CC(C)(C)CC(C)(C)NCc1ccc(OCc2c(Cl)cccc2Cl)cc1. The summed E-state index contributed by atoms with van der Waals surface area (Å²) in [6.07, 6.45) is 1.11. The van der Waals surface area contributed by atoms with Gasteiger partial charge in [0.1, 0.15) is 12.4 Å². The van der Waals surface area contributed by atoms with Crippen LogP contribution in [-0.4, -0.2) is 5.54 Å². The van der Waals surface area contributed by atoms with Crippen LogP contribution in [0.1, 0.15) is 52.2 Å². The molecule has 2 aromatic carbocycles. The van der Waals surface area contributed by atoms with Crippen LogP contribution in [0.25, 0.3) is 0 Å². The number of halogens is 2. The third-order valence-electron chi connectivity index (χ3n) is 4.11. The van der Waals surface area contributed by atoms with Crippen molar-refractivity contribution in [3.63, 3.8) is 0 Å². The van der Waals surface area contributed by atoms with Crippen LogP contribution in [0.15, 0.2) is 42.5 Å². The highest BCUT2D eigenvalue weighted by Crippen LogP contribution is 2.28. The predicted octanol–water partition coefficient (Wildman–Crippen LogP) is 6.88. The molecule has 0 aliphatic carbocycles. The number of nitrogens with one attached hydrogen (secondary N) is 1. The Kier molecular flexibility index (Phi) is 7.01. The molecule has 0 amide bonds. The van der Waals surface area contributed by atoms with E-state index >= 15 is 0 Å². The van der Waals surface area contributed by atoms with Crippen LogP contribution in [0.4, 0.5) is 0 Å². The van der Waals surface area contributed by atoms with Crippen molar-refractivity contribution in [2.24, 2.45) is 5.41 Å². The lowest BCUT2D eigenvalue weighted by Gasteiger charge is -2.33. The molecule has 26 heavy (non-hydrogen) atoms. The molecule has 0 aromatic heterocycles. The number of hydrogen-bond acceptors (Lipinski definition) is 2. The Balaban J connectivity index is 1.90. The van der Waals surface area contributed by atoms with Gasteiger partial charge in [0.05, 0.1) is 0 Å². The summed E-state index contributed by atoms with van der Waals surface area (Å²) in [5.74, 6) is 0.804. The summed E-state index contributed by atoms with van der Waals surface area (Å²) < 4.78 is 5.83. The van der Waals surface area contributed by atoms with Crippen molar-refractivity contribution in [2.45, 2.75) is 59.7 Å². The molecule has 0 saturated heterocycles. The highest BCUT2D eigenvalue weighted by molar-refractivity contribution is 6.35. The molecule has 0 saturated carbocycles. The van der Waals surface area contributed by atoms with E-state index in [1.165, 1.54) is 5.56 Å². The Morgan fingerprint density at radius 1 is 0.885 bits per heavy atom. The molecule has 0 radical (unpaired) electrons. The van der Waals surface area contributed by atoms with Gasteiger partial charge in [-0.25, -0.2) is 0 Å². The average Bonchev–Trinajstić information content (AvgIpc) is 2.51. The van der Waals surface area contributed by atoms with Gasteiger partial charge in [0.2, 0.25) is 0 Å². The first-order valence-corrected chi connectivity index (χ1v) is 9.71. The molecular formula is C22H29Cl2NO. The van der Waals surface area contributed by atoms with Gasteiger partial charge in [-0.2, -0.15) is 0 Å². The van der Waals surface area contributed by atoms with Gasteiger partial charge < -0.3 is 10.1 Å². The van der Waals surface area contributed by atoms with Gasteiger partial charge in [0, 0.05) is 27.7 Å². The maximum absolute atomic E-state index is 6.18. The van der Waals surface area contributed by atoms with Crippen molar-refractivity contribution in [3.05, 3.63) is 63.6 Å². The Bertz CT molecular complexity index is 698. The van der Waals surface area contributed by atoms with E-state index in [1.54, 1.807) is 0 Å². The summed E-state index contributed by atoms with van der Waals surface area (Å²) in [4.78, 5) is 0. The second kappa shape index (κ2) is 8.65. The molecule has 0 bridgehead atoms. The fraction of sp³-hybridized carbons (Fsp3) is 0.455. The fourth-order valence-corrected chi connectivity index (χ4v) is 3.77. The van der Waals surface area contributed by atoms with Crippen LogP contribution >= 0.6 is 23.2 Å². The molecule has 4 heteroatoms.